The van der Waals surface area contributed by atoms with Crippen molar-refractivity contribution in [2.24, 2.45) is 0 Å². The van der Waals surface area contributed by atoms with Crippen molar-refractivity contribution in [3.63, 3.8) is 0 Å². The molecule has 0 atom stereocenters. The highest BCUT2D eigenvalue weighted by Gasteiger charge is 2.27. The Balaban J connectivity index is 1.94. The molecule has 2 aromatic carbocycles. The van der Waals surface area contributed by atoms with Crippen LogP contribution >= 0.6 is 11.6 Å². The van der Waals surface area contributed by atoms with E-state index in [4.69, 9.17) is 16.3 Å². The van der Waals surface area contributed by atoms with Gasteiger partial charge in [-0.05, 0) is 49.7 Å². The fraction of sp³-hybridized carbons (Fsp3) is 0.280. The van der Waals surface area contributed by atoms with Crippen molar-refractivity contribution in [3.05, 3.63) is 89.2 Å². The second kappa shape index (κ2) is 10.9. The molecule has 0 aliphatic heterocycles. The van der Waals surface area contributed by atoms with Crippen LogP contribution in [0.25, 0.3) is 0 Å². The fourth-order valence-electron chi connectivity index (χ4n) is 3.70. The normalized spacial score (nSPS) is 11.4. The lowest BCUT2D eigenvalue weighted by molar-refractivity contribution is 0.0758. The van der Waals surface area contributed by atoms with Crippen molar-refractivity contribution < 1.29 is 17.9 Å². The number of aromatic nitrogens is 2. The number of rotatable bonds is 10. The van der Waals surface area contributed by atoms with Gasteiger partial charge in [-0.2, -0.15) is 0 Å². The fourth-order valence-corrected chi connectivity index (χ4v) is 5.50. The molecule has 0 unspecified atom stereocenters. The van der Waals surface area contributed by atoms with E-state index < -0.39 is 9.84 Å². The summed E-state index contributed by atoms with van der Waals surface area (Å²) in [6.45, 7) is 7.97. The monoisotopic (exact) mass is 501 g/mol. The maximum absolute atomic E-state index is 13.3. The van der Waals surface area contributed by atoms with Gasteiger partial charge in [0, 0.05) is 23.2 Å². The van der Waals surface area contributed by atoms with E-state index in [1.54, 1.807) is 64.1 Å². The Morgan fingerprint density at radius 3 is 2.62 bits per heavy atom. The van der Waals surface area contributed by atoms with Crippen LogP contribution in [0.5, 0.6) is 5.75 Å². The van der Waals surface area contributed by atoms with Gasteiger partial charge in [-0.25, -0.2) is 13.4 Å². The van der Waals surface area contributed by atoms with Gasteiger partial charge in [0.15, 0.2) is 0 Å². The molecule has 9 heteroatoms. The summed E-state index contributed by atoms with van der Waals surface area (Å²) in [4.78, 5) is 19.1. The van der Waals surface area contributed by atoms with Gasteiger partial charge in [-0.3, -0.25) is 4.79 Å². The lowest BCUT2D eigenvalue weighted by atomic mass is 10.2. The number of ether oxygens (including phenoxy) is 1. The molecule has 0 N–H and O–H groups in total. The number of methoxy groups -OCH3 is 1. The Labute approximate surface area is 205 Å². The maximum atomic E-state index is 13.3. The predicted molar refractivity (Wildman–Crippen MR) is 133 cm³/mol. The molecule has 0 saturated heterocycles. The van der Waals surface area contributed by atoms with E-state index >= 15 is 0 Å². The van der Waals surface area contributed by atoms with E-state index in [2.05, 4.69) is 11.6 Å². The van der Waals surface area contributed by atoms with E-state index in [1.165, 1.54) is 13.3 Å². The van der Waals surface area contributed by atoms with Crippen LogP contribution in [0, 0.1) is 0 Å². The minimum atomic E-state index is -3.76. The Kier molecular flexibility index (Phi) is 8.17. The van der Waals surface area contributed by atoms with Crippen LogP contribution < -0.4 is 4.74 Å². The number of hydrogen-bond donors (Lipinski definition) is 0. The van der Waals surface area contributed by atoms with Crippen molar-refractivity contribution in [1.82, 2.24) is 14.5 Å². The third-order valence-corrected chi connectivity index (χ3v) is 6.99. The number of carbonyl (C=O) groups is 1. The molecule has 0 saturated carbocycles. The van der Waals surface area contributed by atoms with Crippen LogP contribution in [0.4, 0.5) is 0 Å². The number of amides is 1. The number of hydrogen-bond acceptors (Lipinski definition) is 5. The molecule has 34 heavy (non-hydrogen) atoms. The summed E-state index contributed by atoms with van der Waals surface area (Å²) in [6, 6.07) is 13.4. The molecule has 0 bridgehead atoms. The van der Waals surface area contributed by atoms with Crippen LogP contribution in [0.3, 0.4) is 0 Å². The molecule has 0 fully saturated rings. The molecule has 0 radical (unpaired) electrons. The SMILES string of the molecule is C=CCN(Cc1cnc(S(=O)(=O)Cc2cccc(Cl)c2)n1C(C)C)C(=O)c1cccc(OC)c1. The third kappa shape index (κ3) is 5.87. The summed E-state index contributed by atoms with van der Waals surface area (Å²) in [5.41, 5.74) is 1.65. The summed E-state index contributed by atoms with van der Waals surface area (Å²) in [5, 5.41) is 0.432. The number of imidazole rings is 1. The molecule has 0 aliphatic carbocycles. The number of halogens is 1. The van der Waals surface area contributed by atoms with E-state index in [-0.39, 0.29) is 35.9 Å². The van der Waals surface area contributed by atoms with E-state index in [0.717, 1.165) is 0 Å². The number of nitrogens with zero attached hydrogens (tertiary/aromatic N) is 3. The number of carbonyl (C=O) groups excluding carboxylic acids is 1. The molecule has 180 valence electrons. The van der Waals surface area contributed by atoms with Gasteiger partial charge in [0.05, 0.1) is 31.3 Å². The van der Waals surface area contributed by atoms with Gasteiger partial charge in [0.25, 0.3) is 5.91 Å². The molecule has 1 amide bonds. The highest BCUT2D eigenvalue weighted by Crippen LogP contribution is 2.24. The van der Waals surface area contributed by atoms with E-state index in [0.29, 0.717) is 27.6 Å². The standard InChI is InChI=1S/C25H28ClN3O4S/c1-5-12-28(24(30)20-9-7-11-23(14-20)33-4)16-22-15-27-25(29(22)18(2)3)34(31,32)17-19-8-6-10-21(26)13-19/h5-11,13-15,18H,1,12,16-17H2,2-4H3. The topological polar surface area (TPSA) is 81.5 Å². The maximum Gasteiger partial charge on any atom is 0.254 e. The molecule has 3 rings (SSSR count). The second-order valence-electron chi connectivity index (χ2n) is 8.09. The van der Waals surface area contributed by atoms with Gasteiger partial charge in [0.2, 0.25) is 15.0 Å². The smallest absolute Gasteiger partial charge is 0.254 e. The van der Waals surface area contributed by atoms with Crippen molar-refractivity contribution in [3.8, 4) is 5.75 Å². The Morgan fingerprint density at radius 2 is 1.97 bits per heavy atom. The van der Waals surface area contributed by atoms with Crippen molar-refractivity contribution >= 4 is 27.3 Å². The van der Waals surface area contributed by atoms with Gasteiger partial charge in [-0.15, -0.1) is 6.58 Å². The Morgan fingerprint density at radius 1 is 1.24 bits per heavy atom. The lowest BCUT2D eigenvalue weighted by Gasteiger charge is -2.24. The zero-order chi connectivity index (χ0) is 24.9. The Bertz CT molecular complexity index is 1280. The molecule has 1 heterocycles. The lowest BCUT2D eigenvalue weighted by Crippen LogP contribution is -2.32. The van der Waals surface area contributed by atoms with E-state index in [9.17, 15) is 13.2 Å². The van der Waals surface area contributed by atoms with Gasteiger partial charge in [-0.1, -0.05) is 35.9 Å². The highest BCUT2D eigenvalue weighted by molar-refractivity contribution is 7.90. The largest absolute Gasteiger partial charge is 0.497 e. The first-order valence-electron chi connectivity index (χ1n) is 10.7. The first-order valence-corrected chi connectivity index (χ1v) is 12.8. The average molecular weight is 502 g/mol. The van der Waals surface area contributed by atoms with Crippen molar-refractivity contribution in [1.29, 1.82) is 0 Å². The summed E-state index contributed by atoms with van der Waals surface area (Å²) in [6.07, 6.45) is 3.14. The van der Waals surface area contributed by atoms with Gasteiger partial charge >= 0.3 is 0 Å². The predicted octanol–water partition coefficient (Wildman–Crippen LogP) is 4.93. The molecular formula is C25H28ClN3O4S. The molecule has 1 aromatic heterocycles. The minimum Gasteiger partial charge on any atom is -0.497 e. The zero-order valence-electron chi connectivity index (χ0n) is 19.4. The zero-order valence-corrected chi connectivity index (χ0v) is 21.0. The number of sulfone groups is 1. The second-order valence-corrected chi connectivity index (χ2v) is 10.4. The van der Waals surface area contributed by atoms with Gasteiger partial charge in [0.1, 0.15) is 5.75 Å². The van der Waals surface area contributed by atoms with Crippen LogP contribution in [0.1, 0.15) is 41.5 Å². The summed E-state index contributed by atoms with van der Waals surface area (Å²) >= 11 is 6.02. The highest BCUT2D eigenvalue weighted by atomic mass is 35.5. The first kappa shape index (κ1) is 25.5. The molecular weight excluding hydrogens is 474 g/mol. The Hall–Kier alpha value is -3.10. The van der Waals surface area contributed by atoms with Gasteiger partial charge < -0.3 is 14.2 Å². The summed E-state index contributed by atoms with van der Waals surface area (Å²) < 4.78 is 33.4. The molecule has 7 nitrogen and oxygen atoms in total. The summed E-state index contributed by atoms with van der Waals surface area (Å²) in [7, 11) is -2.22. The van der Waals surface area contributed by atoms with Crippen molar-refractivity contribution in [2.45, 2.75) is 37.3 Å². The van der Waals surface area contributed by atoms with Crippen LogP contribution in [-0.4, -0.2) is 42.4 Å². The van der Waals surface area contributed by atoms with Crippen LogP contribution in [0.15, 0.2) is 72.5 Å². The summed E-state index contributed by atoms with van der Waals surface area (Å²) in [5.74, 6) is 0.125. The molecule has 3 aromatic rings. The van der Waals surface area contributed by atoms with Crippen LogP contribution in [0.2, 0.25) is 5.02 Å². The number of benzene rings is 2. The molecule has 0 aliphatic rings. The van der Waals surface area contributed by atoms with Crippen LogP contribution in [-0.2, 0) is 22.1 Å². The minimum absolute atomic E-state index is 0.0372. The molecule has 0 spiro atoms. The quantitative estimate of drug-likeness (QED) is 0.368. The van der Waals surface area contributed by atoms with E-state index in [1.807, 2.05) is 13.8 Å². The third-order valence-electron chi connectivity index (χ3n) is 5.19. The average Bonchev–Trinajstić information content (AvgIpc) is 3.23. The first-order chi connectivity index (χ1) is 16.2. The van der Waals surface area contributed by atoms with Crippen molar-refractivity contribution in [2.75, 3.05) is 13.7 Å².